The average molecular weight is 443 g/mol. The van der Waals surface area contributed by atoms with Gasteiger partial charge in [0.1, 0.15) is 0 Å². The molecule has 0 bridgehead atoms. The standard InChI is InChI=1S/C22H26N4O4S/c1-22(2,3)20(24-21(27)28)10-7-13-25-19-14-16(15-23)11-12-18(19)26(31(25,29)30)17-8-5-4-6-9-17/h4-6,8-9,11-12,14,20,24H,7,10,13H2,1-3H3,(H,27,28). The summed E-state index contributed by atoms with van der Waals surface area (Å²) in [4.78, 5) is 11.2. The van der Waals surface area contributed by atoms with Crippen molar-refractivity contribution in [3.05, 3.63) is 54.1 Å². The topological polar surface area (TPSA) is 114 Å². The number of hydrogen-bond acceptors (Lipinski definition) is 4. The zero-order chi connectivity index (χ0) is 22.8. The third-order valence-electron chi connectivity index (χ3n) is 5.29. The Morgan fingerprint density at radius 3 is 2.42 bits per heavy atom. The van der Waals surface area contributed by atoms with Gasteiger partial charge in [0.05, 0.1) is 28.7 Å². The fraction of sp³-hybridized carbons (Fsp3) is 0.364. The molecule has 9 heteroatoms. The van der Waals surface area contributed by atoms with Gasteiger partial charge in [-0.25, -0.2) is 9.10 Å². The quantitative estimate of drug-likeness (QED) is 0.695. The number of fused-ring (bicyclic) bond motifs is 1. The van der Waals surface area contributed by atoms with Crippen LogP contribution in [0.1, 0.15) is 39.2 Å². The lowest BCUT2D eigenvalue weighted by molar-refractivity contribution is 0.171. The maximum Gasteiger partial charge on any atom is 0.404 e. The number of carbonyl (C=O) groups is 1. The molecule has 164 valence electrons. The summed E-state index contributed by atoms with van der Waals surface area (Å²) < 4.78 is 29.5. The molecule has 1 aliphatic heterocycles. The van der Waals surface area contributed by atoms with E-state index < -0.39 is 16.3 Å². The molecule has 0 saturated heterocycles. The number of nitrogens with one attached hydrogen (secondary N) is 1. The predicted molar refractivity (Wildman–Crippen MR) is 120 cm³/mol. The van der Waals surface area contributed by atoms with E-state index in [9.17, 15) is 18.5 Å². The van der Waals surface area contributed by atoms with Gasteiger partial charge < -0.3 is 10.4 Å². The molecule has 1 unspecified atom stereocenters. The van der Waals surface area contributed by atoms with Crippen LogP contribution in [0, 0.1) is 16.7 Å². The molecule has 0 fully saturated rings. The number of nitrogens with zero attached hydrogens (tertiary/aromatic N) is 3. The molecule has 1 heterocycles. The number of anilines is 3. The van der Waals surface area contributed by atoms with E-state index in [4.69, 9.17) is 5.11 Å². The van der Waals surface area contributed by atoms with Crippen molar-refractivity contribution >= 4 is 33.4 Å². The fourth-order valence-electron chi connectivity index (χ4n) is 3.69. The van der Waals surface area contributed by atoms with E-state index >= 15 is 0 Å². The van der Waals surface area contributed by atoms with Gasteiger partial charge in [-0.15, -0.1) is 0 Å². The molecule has 31 heavy (non-hydrogen) atoms. The summed E-state index contributed by atoms with van der Waals surface area (Å²) in [6, 6.07) is 15.3. The lowest BCUT2D eigenvalue weighted by Crippen LogP contribution is -2.44. The fourth-order valence-corrected chi connectivity index (χ4v) is 5.44. The molecule has 0 aromatic heterocycles. The molecule has 8 nitrogen and oxygen atoms in total. The van der Waals surface area contributed by atoms with Gasteiger partial charge in [0.25, 0.3) is 0 Å². The molecule has 1 amide bonds. The monoisotopic (exact) mass is 442 g/mol. The number of benzene rings is 2. The van der Waals surface area contributed by atoms with Crippen molar-refractivity contribution in [1.29, 1.82) is 5.26 Å². The zero-order valence-corrected chi connectivity index (χ0v) is 18.6. The van der Waals surface area contributed by atoms with Crippen molar-refractivity contribution in [1.82, 2.24) is 5.32 Å². The zero-order valence-electron chi connectivity index (χ0n) is 17.7. The van der Waals surface area contributed by atoms with E-state index in [0.29, 0.717) is 35.5 Å². The Labute approximate surface area is 182 Å². The van der Waals surface area contributed by atoms with E-state index in [0.717, 1.165) is 0 Å². The van der Waals surface area contributed by atoms with E-state index in [2.05, 4.69) is 11.4 Å². The number of nitriles is 1. The van der Waals surface area contributed by atoms with Gasteiger partial charge in [-0.3, -0.25) is 4.31 Å². The Bertz CT molecular complexity index is 1100. The highest BCUT2D eigenvalue weighted by Crippen LogP contribution is 2.45. The summed E-state index contributed by atoms with van der Waals surface area (Å²) in [5.74, 6) is 0. The lowest BCUT2D eigenvalue weighted by atomic mass is 9.84. The Balaban J connectivity index is 1.92. The van der Waals surface area contributed by atoms with Crippen LogP contribution in [0.25, 0.3) is 0 Å². The van der Waals surface area contributed by atoms with Crippen LogP contribution in [0.15, 0.2) is 48.5 Å². The second kappa shape index (κ2) is 8.47. The number of amides is 1. The van der Waals surface area contributed by atoms with Crippen LogP contribution in [0.5, 0.6) is 0 Å². The third kappa shape index (κ3) is 4.59. The normalized spacial score (nSPS) is 15.8. The van der Waals surface area contributed by atoms with Gasteiger partial charge in [-0.05, 0) is 48.6 Å². The highest BCUT2D eigenvalue weighted by molar-refractivity contribution is 7.95. The molecule has 0 spiro atoms. The van der Waals surface area contributed by atoms with Gasteiger partial charge in [0.15, 0.2) is 0 Å². The van der Waals surface area contributed by atoms with Gasteiger partial charge in [-0.1, -0.05) is 39.0 Å². The Kier molecular flexibility index (Phi) is 6.13. The smallest absolute Gasteiger partial charge is 0.404 e. The van der Waals surface area contributed by atoms with Crippen LogP contribution < -0.4 is 13.9 Å². The van der Waals surface area contributed by atoms with Crippen LogP contribution in [0.3, 0.4) is 0 Å². The highest BCUT2D eigenvalue weighted by atomic mass is 32.2. The lowest BCUT2D eigenvalue weighted by Gasteiger charge is -2.31. The van der Waals surface area contributed by atoms with Crippen LogP contribution in [0.2, 0.25) is 0 Å². The van der Waals surface area contributed by atoms with Crippen LogP contribution in [0.4, 0.5) is 21.9 Å². The molecule has 2 aromatic rings. The van der Waals surface area contributed by atoms with Gasteiger partial charge >= 0.3 is 16.3 Å². The van der Waals surface area contributed by atoms with Crippen molar-refractivity contribution in [2.24, 2.45) is 5.41 Å². The second-order valence-electron chi connectivity index (χ2n) is 8.51. The second-order valence-corrected chi connectivity index (χ2v) is 10.2. The van der Waals surface area contributed by atoms with E-state index in [1.54, 1.807) is 42.5 Å². The minimum Gasteiger partial charge on any atom is -0.465 e. The summed E-state index contributed by atoms with van der Waals surface area (Å²) >= 11 is 0. The van der Waals surface area contributed by atoms with E-state index in [-0.39, 0.29) is 18.0 Å². The van der Waals surface area contributed by atoms with Gasteiger partial charge in [-0.2, -0.15) is 13.7 Å². The summed E-state index contributed by atoms with van der Waals surface area (Å²) in [5, 5.41) is 21.0. The summed E-state index contributed by atoms with van der Waals surface area (Å²) in [7, 11) is -3.90. The molecular weight excluding hydrogens is 416 g/mol. The summed E-state index contributed by atoms with van der Waals surface area (Å²) in [5.41, 5.74) is 1.50. The maximum atomic E-state index is 13.5. The van der Waals surface area contributed by atoms with E-state index in [1.807, 2.05) is 26.8 Å². The minimum absolute atomic E-state index is 0.168. The molecule has 0 radical (unpaired) electrons. The van der Waals surface area contributed by atoms with Crippen molar-refractivity contribution in [2.45, 2.75) is 39.7 Å². The first-order valence-electron chi connectivity index (χ1n) is 9.97. The molecule has 2 N–H and O–H groups in total. The van der Waals surface area contributed by atoms with Crippen LogP contribution in [-0.2, 0) is 10.2 Å². The number of rotatable bonds is 6. The van der Waals surface area contributed by atoms with Crippen molar-refractivity contribution in [2.75, 3.05) is 15.2 Å². The minimum atomic E-state index is -3.90. The predicted octanol–water partition coefficient (Wildman–Crippen LogP) is 4.22. The Hall–Kier alpha value is -3.25. The van der Waals surface area contributed by atoms with Crippen molar-refractivity contribution < 1.29 is 18.3 Å². The third-order valence-corrected chi connectivity index (χ3v) is 7.09. The molecule has 1 atom stereocenters. The number of hydrogen-bond donors (Lipinski definition) is 2. The van der Waals surface area contributed by atoms with Gasteiger partial charge in [0, 0.05) is 12.6 Å². The van der Waals surface area contributed by atoms with Crippen molar-refractivity contribution in [3.63, 3.8) is 0 Å². The summed E-state index contributed by atoms with van der Waals surface area (Å²) in [6.45, 7) is 5.98. The molecule has 2 aromatic carbocycles. The van der Waals surface area contributed by atoms with Crippen LogP contribution in [-0.4, -0.2) is 32.2 Å². The summed E-state index contributed by atoms with van der Waals surface area (Å²) in [6.07, 6.45) is -0.186. The van der Waals surface area contributed by atoms with Crippen molar-refractivity contribution in [3.8, 4) is 6.07 Å². The molecule has 3 rings (SSSR count). The SMILES string of the molecule is CC(C)(C)C(CCCN1c2cc(C#N)ccc2N(c2ccccc2)S1(=O)=O)NC(=O)O. The molecular formula is C22H26N4O4S. The van der Waals surface area contributed by atoms with Crippen LogP contribution >= 0.6 is 0 Å². The molecule has 1 aliphatic rings. The first-order valence-corrected chi connectivity index (χ1v) is 11.4. The van der Waals surface area contributed by atoms with Gasteiger partial charge in [0.2, 0.25) is 0 Å². The maximum absolute atomic E-state index is 13.5. The number of para-hydroxylation sites is 1. The largest absolute Gasteiger partial charge is 0.465 e. The van der Waals surface area contributed by atoms with E-state index in [1.165, 1.54) is 8.61 Å². The average Bonchev–Trinajstić information content (AvgIpc) is 2.92. The Morgan fingerprint density at radius 1 is 1.16 bits per heavy atom. The first-order chi connectivity index (χ1) is 14.6. The first kappa shape index (κ1) is 22.4. The Morgan fingerprint density at radius 2 is 1.84 bits per heavy atom. The molecule has 0 aliphatic carbocycles. The molecule has 0 saturated carbocycles. The highest BCUT2D eigenvalue weighted by Gasteiger charge is 2.41. The number of carboxylic acid groups (broad SMARTS) is 1.